The molecule has 0 atom stereocenters. The summed E-state index contributed by atoms with van der Waals surface area (Å²) in [7, 11) is 0. The number of nitrogens with zero attached hydrogens (tertiary/aromatic N) is 3. The number of aromatic nitrogens is 2. The monoisotopic (exact) mass is 467 g/mol. The van der Waals surface area contributed by atoms with Gasteiger partial charge in [0.2, 0.25) is 0 Å². The predicted octanol–water partition coefficient (Wildman–Crippen LogP) is 6.16. The summed E-state index contributed by atoms with van der Waals surface area (Å²) in [6.45, 7) is 7.59. The van der Waals surface area contributed by atoms with Crippen LogP contribution in [0.2, 0.25) is 0 Å². The molecule has 2 aromatic heterocycles. The van der Waals surface area contributed by atoms with Crippen molar-refractivity contribution in [3.05, 3.63) is 45.7 Å². The van der Waals surface area contributed by atoms with Crippen molar-refractivity contribution in [2.45, 2.75) is 70.0 Å². The lowest BCUT2D eigenvalue weighted by Crippen LogP contribution is -2.30. The largest absolute Gasteiger partial charge is 0.303 e. The zero-order valence-corrected chi connectivity index (χ0v) is 20.9. The Kier molecular flexibility index (Phi) is 6.72. The second-order valence-corrected chi connectivity index (χ2v) is 11.0. The van der Waals surface area contributed by atoms with E-state index in [0.29, 0.717) is 6.04 Å². The molecule has 0 N–H and O–H groups in total. The zero-order valence-electron chi connectivity index (χ0n) is 19.2. The first-order valence-corrected chi connectivity index (χ1v) is 14.0. The topological polar surface area (TPSA) is 38.1 Å². The maximum absolute atomic E-state index is 14.0. The molecule has 1 saturated carbocycles. The molecular weight excluding hydrogens is 434 g/mol. The quantitative estimate of drug-likeness (QED) is 0.308. The first-order chi connectivity index (χ1) is 15.7. The van der Waals surface area contributed by atoms with E-state index in [4.69, 9.17) is 4.98 Å². The first-order valence-electron chi connectivity index (χ1n) is 12.2. The van der Waals surface area contributed by atoms with Crippen LogP contribution in [0.25, 0.3) is 20.7 Å². The highest BCUT2D eigenvalue weighted by Gasteiger charge is 2.28. The highest BCUT2D eigenvalue weighted by atomic mass is 32.2. The van der Waals surface area contributed by atoms with E-state index in [1.165, 1.54) is 40.8 Å². The normalized spacial score (nSPS) is 16.5. The minimum atomic E-state index is 0.212. The van der Waals surface area contributed by atoms with Gasteiger partial charge in [-0.15, -0.1) is 11.3 Å². The number of aryl methyl sites for hydroxylation is 2. The van der Waals surface area contributed by atoms with E-state index >= 15 is 0 Å². The van der Waals surface area contributed by atoms with Crippen molar-refractivity contribution in [1.29, 1.82) is 0 Å². The van der Waals surface area contributed by atoms with Crippen LogP contribution in [-0.2, 0) is 12.8 Å². The van der Waals surface area contributed by atoms with Crippen LogP contribution in [-0.4, -0.2) is 39.8 Å². The van der Waals surface area contributed by atoms with Gasteiger partial charge >= 0.3 is 0 Å². The second kappa shape index (κ2) is 9.70. The van der Waals surface area contributed by atoms with Gasteiger partial charge in [-0.1, -0.05) is 69.1 Å². The van der Waals surface area contributed by atoms with E-state index < -0.39 is 0 Å². The van der Waals surface area contributed by atoms with Crippen LogP contribution in [0.15, 0.2) is 34.2 Å². The van der Waals surface area contributed by atoms with E-state index in [-0.39, 0.29) is 5.56 Å². The van der Waals surface area contributed by atoms with Crippen LogP contribution in [0.4, 0.5) is 0 Å². The molecule has 0 unspecified atom stereocenters. The third-order valence-electron chi connectivity index (χ3n) is 7.20. The van der Waals surface area contributed by atoms with Crippen LogP contribution in [0, 0.1) is 0 Å². The third kappa shape index (κ3) is 4.06. The molecule has 2 heterocycles. The van der Waals surface area contributed by atoms with E-state index in [9.17, 15) is 4.79 Å². The van der Waals surface area contributed by atoms with Crippen LogP contribution < -0.4 is 5.56 Å². The maximum atomic E-state index is 14.0. The van der Waals surface area contributed by atoms with Crippen molar-refractivity contribution in [3.63, 3.8) is 0 Å². The summed E-state index contributed by atoms with van der Waals surface area (Å²) in [4.78, 5) is 23.8. The minimum absolute atomic E-state index is 0.212. The van der Waals surface area contributed by atoms with Crippen molar-refractivity contribution in [1.82, 2.24) is 14.5 Å². The SMILES string of the molecule is CCN(CC)CCSc1nc2sc3c(c2c(=O)n1C1CCCCC1)CCc1ccccc1-3. The Morgan fingerprint density at radius 2 is 1.91 bits per heavy atom. The fourth-order valence-electron chi connectivity index (χ4n) is 5.34. The average molecular weight is 468 g/mol. The Morgan fingerprint density at radius 1 is 1.12 bits per heavy atom. The summed E-state index contributed by atoms with van der Waals surface area (Å²) < 4.78 is 2.10. The molecule has 0 amide bonds. The molecule has 5 rings (SSSR count). The second-order valence-electron chi connectivity index (χ2n) is 8.98. The van der Waals surface area contributed by atoms with Gasteiger partial charge in [0.1, 0.15) is 4.83 Å². The summed E-state index contributed by atoms with van der Waals surface area (Å²) in [5, 5.41) is 1.84. The van der Waals surface area contributed by atoms with Gasteiger partial charge in [0.05, 0.1) is 5.39 Å². The van der Waals surface area contributed by atoms with Crippen LogP contribution in [0.3, 0.4) is 0 Å². The molecule has 4 nitrogen and oxygen atoms in total. The average Bonchev–Trinajstić information content (AvgIpc) is 3.22. The van der Waals surface area contributed by atoms with Gasteiger partial charge < -0.3 is 4.90 Å². The third-order valence-corrected chi connectivity index (χ3v) is 9.30. The molecule has 1 fully saturated rings. The number of fused-ring (bicyclic) bond motifs is 5. The predicted molar refractivity (Wildman–Crippen MR) is 137 cm³/mol. The van der Waals surface area contributed by atoms with Gasteiger partial charge in [-0.2, -0.15) is 0 Å². The summed E-state index contributed by atoms with van der Waals surface area (Å²) in [5.74, 6) is 0.972. The molecule has 6 heteroatoms. The van der Waals surface area contributed by atoms with Gasteiger partial charge in [-0.05, 0) is 55.5 Å². The molecule has 1 aromatic carbocycles. The zero-order chi connectivity index (χ0) is 22.1. The summed E-state index contributed by atoms with van der Waals surface area (Å²) in [5.41, 5.74) is 4.15. The number of benzene rings is 1. The molecule has 0 aliphatic heterocycles. The standard InChI is InChI=1S/C26H33N3OS2/c1-3-28(4-2)16-17-31-26-27-24-22(25(30)29(26)19-11-6-5-7-12-19)21-15-14-18-10-8-9-13-20(18)23(21)32-24/h8-10,13,19H,3-7,11-12,14-17H2,1-2H3. The molecule has 3 aromatic rings. The van der Waals surface area contributed by atoms with Gasteiger partial charge in [0.25, 0.3) is 5.56 Å². The highest BCUT2D eigenvalue weighted by molar-refractivity contribution is 7.99. The lowest BCUT2D eigenvalue weighted by molar-refractivity contribution is 0.321. The van der Waals surface area contributed by atoms with Gasteiger partial charge in [0.15, 0.2) is 5.16 Å². The molecular formula is C26H33N3OS2. The van der Waals surface area contributed by atoms with Crippen LogP contribution >= 0.6 is 23.1 Å². The maximum Gasteiger partial charge on any atom is 0.263 e. The Bertz CT molecular complexity index is 1160. The Labute approximate surface area is 199 Å². The first kappa shape index (κ1) is 22.2. The molecule has 0 saturated heterocycles. The molecule has 2 aliphatic carbocycles. The van der Waals surface area contributed by atoms with Gasteiger partial charge in [-0.25, -0.2) is 4.98 Å². The van der Waals surface area contributed by atoms with E-state index in [1.54, 1.807) is 23.1 Å². The fourth-order valence-corrected chi connectivity index (χ4v) is 7.73. The van der Waals surface area contributed by atoms with Crippen molar-refractivity contribution >= 4 is 33.3 Å². The van der Waals surface area contributed by atoms with E-state index in [0.717, 1.165) is 66.4 Å². The minimum Gasteiger partial charge on any atom is -0.303 e. The number of thiophene rings is 1. The van der Waals surface area contributed by atoms with Crippen molar-refractivity contribution in [2.24, 2.45) is 0 Å². The van der Waals surface area contributed by atoms with Crippen molar-refractivity contribution < 1.29 is 0 Å². The van der Waals surface area contributed by atoms with Gasteiger partial charge in [-0.3, -0.25) is 9.36 Å². The van der Waals surface area contributed by atoms with E-state index in [1.807, 2.05) is 0 Å². The Hall–Kier alpha value is -1.63. The summed E-state index contributed by atoms with van der Waals surface area (Å²) in [6, 6.07) is 8.97. The Balaban J connectivity index is 1.60. The fraction of sp³-hybridized carbons (Fsp3) is 0.538. The number of thioether (sulfide) groups is 1. The smallest absolute Gasteiger partial charge is 0.263 e. The van der Waals surface area contributed by atoms with Gasteiger partial charge in [0, 0.05) is 23.2 Å². The van der Waals surface area contributed by atoms with Crippen molar-refractivity contribution in [2.75, 3.05) is 25.4 Å². The lowest BCUT2D eigenvalue weighted by atomic mass is 9.90. The number of hydrogen-bond acceptors (Lipinski definition) is 5. The molecule has 2 aliphatic rings. The Morgan fingerprint density at radius 3 is 2.69 bits per heavy atom. The summed E-state index contributed by atoms with van der Waals surface area (Å²) >= 11 is 3.50. The lowest BCUT2D eigenvalue weighted by Gasteiger charge is -2.26. The molecule has 0 radical (unpaired) electrons. The van der Waals surface area contributed by atoms with Crippen molar-refractivity contribution in [3.8, 4) is 10.4 Å². The molecule has 0 spiro atoms. The number of rotatable bonds is 7. The summed E-state index contributed by atoms with van der Waals surface area (Å²) in [6.07, 6.45) is 7.88. The molecule has 0 bridgehead atoms. The molecule has 170 valence electrons. The van der Waals surface area contributed by atoms with Crippen LogP contribution in [0.5, 0.6) is 0 Å². The molecule has 32 heavy (non-hydrogen) atoms. The van der Waals surface area contributed by atoms with E-state index in [2.05, 4.69) is 47.6 Å². The number of hydrogen-bond donors (Lipinski definition) is 0. The van der Waals surface area contributed by atoms with Crippen LogP contribution in [0.1, 0.15) is 63.1 Å². The highest BCUT2D eigenvalue weighted by Crippen LogP contribution is 2.43.